The van der Waals surface area contributed by atoms with Crippen LogP contribution in [0.2, 0.25) is 0 Å². The SMILES string of the molecule is COC(=O)c1cc([N+](=O)[O-])c(C=O)cc1Br. The zero-order chi connectivity index (χ0) is 12.3. The van der Waals surface area contributed by atoms with Gasteiger partial charge in [0.2, 0.25) is 0 Å². The van der Waals surface area contributed by atoms with E-state index in [1.165, 1.54) is 6.07 Å². The molecule has 0 bridgehead atoms. The van der Waals surface area contributed by atoms with Crippen molar-refractivity contribution in [2.75, 3.05) is 7.11 Å². The second kappa shape index (κ2) is 4.84. The molecule has 0 aliphatic heterocycles. The molecule has 1 aromatic rings. The minimum absolute atomic E-state index is 0.000185. The van der Waals surface area contributed by atoms with E-state index in [0.717, 1.165) is 13.2 Å². The molecule has 0 atom stereocenters. The lowest BCUT2D eigenvalue weighted by Gasteiger charge is -2.03. The standard InChI is InChI=1S/C9H6BrNO5/c1-16-9(13)6-3-8(11(14)15)5(4-12)2-7(6)10/h2-4H,1H3. The van der Waals surface area contributed by atoms with Crippen LogP contribution in [0.3, 0.4) is 0 Å². The molecule has 0 spiro atoms. The van der Waals surface area contributed by atoms with Gasteiger partial charge < -0.3 is 4.74 Å². The molecule has 0 radical (unpaired) electrons. The molecule has 0 saturated heterocycles. The van der Waals surface area contributed by atoms with Crippen molar-refractivity contribution in [3.05, 3.63) is 37.8 Å². The van der Waals surface area contributed by atoms with Gasteiger partial charge in [-0.25, -0.2) is 4.79 Å². The van der Waals surface area contributed by atoms with E-state index in [1.54, 1.807) is 0 Å². The maximum Gasteiger partial charge on any atom is 0.339 e. The number of carbonyl (C=O) groups is 2. The molecular weight excluding hydrogens is 282 g/mol. The van der Waals surface area contributed by atoms with Crippen molar-refractivity contribution in [3.8, 4) is 0 Å². The number of nitrogens with zero attached hydrogens (tertiary/aromatic N) is 1. The summed E-state index contributed by atoms with van der Waals surface area (Å²) in [4.78, 5) is 31.7. The quantitative estimate of drug-likeness (QED) is 0.367. The number of halogens is 1. The lowest BCUT2D eigenvalue weighted by molar-refractivity contribution is -0.385. The molecule has 0 aliphatic rings. The Hall–Kier alpha value is -1.76. The van der Waals surface area contributed by atoms with Crippen molar-refractivity contribution in [2.24, 2.45) is 0 Å². The Kier molecular flexibility index (Phi) is 3.73. The van der Waals surface area contributed by atoms with E-state index in [0.29, 0.717) is 6.29 Å². The van der Waals surface area contributed by atoms with E-state index in [-0.39, 0.29) is 15.6 Å². The third-order valence-corrected chi connectivity index (χ3v) is 2.50. The van der Waals surface area contributed by atoms with Gasteiger partial charge in [-0.2, -0.15) is 0 Å². The van der Waals surface area contributed by atoms with Crippen LogP contribution in [-0.4, -0.2) is 24.3 Å². The van der Waals surface area contributed by atoms with Crippen molar-refractivity contribution in [2.45, 2.75) is 0 Å². The van der Waals surface area contributed by atoms with Crippen LogP contribution in [0.1, 0.15) is 20.7 Å². The number of hydrogen-bond acceptors (Lipinski definition) is 5. The lowest BCUT2D eigenvalue weighted by Crippen LogP contribution is -2.05. The summed E-state index contributed by atoms with van der Waals surface area (Å²) in [5.41, 5.74) is -0.539. The Morgan fingerprint density at radius 3 is 2.62 bits per heavy atom. The number of nitro groups is 1. The fraction of sp³-hybridized carbons (Fsp3) is 0.111. The predicted molar refractivity (Wildman–Crippen MR) is 57.5 cm³/mol. The zero-order valence-electron chi connectivity index (χ0n) is 8.10. The third-order valence-electron chi connectivity index (χ3n) is 1.85. The molecule has 0 saturated carbocycles. The molecule has 0 aliphatic carbocycles. The van der Waals surface area contributed by atoms with E-state index in [4.69, 9.17) is 0 Å². The largest absolute Gasteiger partial charge is 0.465 e. The highest BCUT2D eigenvalue weighted by Gasteiger charge is 2.20. The highest BCUT2D eigenvalue weighted by Crippen LogP contribution is 2.26. The first-order valence-corrected chi connectivity index (χ1v) is 4.82. The van der Waals surface area contributed by atoms with Gasteiger partial charge in [0.25, 0.3) is 5.69 Å². The van der Waals surface area contributed by atoms with Crippen LogP contribution in [0.15, 0.2) is 16.6 Å². The van der Waals surface area contributed by atoms with Gasteiger partial charge in [0.05, 0.1) is 23.2 Å². The first kappa shape index (κ1) is 12.3. The summed E-state index contributed by atoms with van der Waals surface area (Å²) in [7, 11) is 1.16. The zero-order valence-corrected chi connectivity index (χ0v) is 9.68. The van der Waals surface area contributed by atoms with Crippen LogP contribution >= 0.6 is 15.9 Å². The van der Waals surface area contributed by atoms with Gasteiger partial charge in [0.1, 0.15) is 0 Å². The molecule has 16 heavy (non-hydrogen) atoms. The number of ether oxygens (including phenoxy) is 1. The first-order valence-electron chi connectivity index (χ1n) is 4.02. The Bertz CT molecular complexity index is 471. The summed E-state index contributed by atoms with van der Waals surface area (Å²) in [6.45, 7) is 0. The molecule has 7 heteroatoms. The van der Waals surface area contributed by atoms with Crippen molar-refractivity contribution in [1.82, 2.24) is 0 Å². The molecule has 1 rings (SSSR count). The van der Waals surface area contributed by atoms with Gasteiger partial charge in [0, 0.05) is 10.5 Å². The number of aldehydes is 1. The number of rotatable bonds is 3. The summed E-state index contributed by atoms with van der Waals surface area (Å²) in [5, 5.41) is 10.6. The first-order chi connectivity index (χ1) is 7.51. The highest BCUT2D eigenvalue weighted by molar-refractivity contribution is 9.10. The van der Waals surface area contributed by atoms with E-state index < -0.39 is 16.6 Å². The number of hydrogen-bond donors (Lipinski definition) is 0. The Morgan fingerprint density at radius 2 is 2.19 bits per heavy atom. The van der Waals surface area contributed by atoms with E-state index in [2.05, 4.69) is 20.7 Å². The molecule has 1 aromatic carbocycles. The normalized spacial score (nSPS) is 9.62. The minimum atomic E-state index is -0.734. The van der Waals surface area contributed by atoms with E-state index >= 15 is 0 Å². The number of carbonyl (C=O) groups excluding carboxylic acids is 2. The van der Waals surface area contributed by atoms with Crippen LogP contribution in [0.25, 0.3) is 0 Å². The topological polar surface area (TPSA) is 86.5 Å². The number of benzene rings is 1. The van der Waals surface area contributed by atoms with Crippen LogP contribution in [0, 0.1) is 10.1 Å². The van der Waals surface area contributed by atoms with Crippen molar-refractivity contribution in [3.63, 3.8) is 0 Å². The maximum atomic E-state index is 11.2. The van der Waals surface area contributed by atoms with Gasteiger partial charge in [-0.3, -0.25) is 14.9 Å². The predicted octanol–water partition coefficient (Wildman–Crippen LogP) is 1.96. The van der Waals surface area contributed by atoms with Crippen LogP contribution in [0.4, 0.5) is 5.69 Å². The van der Waals surface area contributed by atoms with Gasteiger partial charge in [-0.1, -0.05) is 0 Å². The molecule has 0 unspecified atom stereocenters. The van der Waals surface area contributed by atoms with Crippen LogP contribution in [-0.2, 0) is 4.74 Å². The second-order valence-corrected chi connectivity index (χ2v) is 3.61. The summed E-state index contributed by atoms with van der Waals surface area (Å²) in [6, 6.07) is 2.21. The fourth-order valence-electron chi connectivity index (χ4n) is 1.10. The average molecular weight is 288 g/mol. The number of nitro benzene ring substituents is 1. The molecular formula is C9H6BrNO5. The summed E-state index contributed by atoms with van der Waals surface area (Å²) in [5.74, 6) is -0.715. The molecule has 0 N–H and O–H groups in total. The number of esters is 1. The van der Waals surface area contributed by atoms with Crippen molar-refractivity contribution in [1.29, 1.82) is 0 Å². The van der Waals surface area contributed by atoms with Crippen molar-refractivity contribution < 1.29 is 19.2 Å². The van der Waals surface area contributed by atoms with Gasteiger partial charge in [-0.05, 0) is 22.0 Å². The molecule has 84 valence electrons. The van der Waals surface area contributed by atoms with Gasteiger partial charge in [0.15, 0.2) is 6.29 Å². The van der Waals surface area contributed by atoms with Crippen LogP contribution in [0.5, 0.6) is 0 Å². The molecule has 0 fully saturated rings. The highest BCUT2D eigenvalue weighted by atomic mass is 79.9. The second-order valence-electron chi connectivity index (χ2n) is 2.76. The summed E-state index contributed by atoms with van der Waals surface area (Å²) >= 11 is 3.03. The van der Waals surface area contributed by atoms with E-state index in [1.807, 2.05) is 0 Å². The Morgan fingerprint density at radius 1 is 1.56 bits per heavy atom. The Labute approximate surface area is 98.5 Å². The summed E-state index contributed by atoms with van der Waals surface area (Å²) < 4.78 is 4.72. The third kappa shape index (κ3) is 2.25. The van der Waals surface area contributed by atoms with Crippen LogP contribution < -0.4 is 0 Å². The Balaban J connectivity index is 3.44. The maximum absolute atomic E-state index is 11.2. The monoisotopic (exact) mass is 287 g/mol. The summed E-state index contributed by atoms with van der Waals surface area (Å²) in [6.07, 6.45) is 0.351. The minimum Gasteiger partial charge on any atom is -0.465 e. The smallest absolute Gasteiger partial charge is 0.339 e. The molecule has 0 aromatic heterocycles. The molecule has 6 nitrogen and oxygen atoms in total. The van der Waals surface area contributed by atoms with Gasteiger partial charge >= 0.3 is 5.97 Å². The average Bonchev–Trinajstić information content (AvgIpc) is 2.27. The lowest BCUT2D eigenvalue weighted by atomic mass is 10.1. The number of methoxy groups -OCH3 is 1. The van der Waals surface area contributed by atoms with E-state index in [9.17, 15) is 19.7 Å². The molecule has 0 heterocycles. The fourth-order valence-corrected chi connectivity index (χ4v) is 1.62. The molecule has 0 amide bonds. The van der Waals surface area contributed by atoms with Crippen molar-refractivity contribution >= 4 is 33.9 Å². The van der Waals surface area contributed by atoms with Gasteiger partial charge in [-0.15, -0.1) is 0 Å².